The average Bonchev–Trinajstić information content (AvgIpc) is 3.32. The number of carbonyl (C=O) groups is 2. The first-order valence-corrected chi connectivity index (χ1v) is 9.19. The number of aromatic nitrogens is 2. The molecule has 0 atom stereocenters. The maximum Gasteiger partial charge on any atom is 0.261 e. The lowest BCUT2D eigenvalue weighted by atomic mass is 10.1. The lowest BCUT2D eigenvalue weighted by molar-refractivity contribution is -0.122. The molecule has 0 radical (unpaired) electrons. The van der Waals surface area contributed by atoms with E-state index in [9.17, 15) is 9.59 Å². The number of benzene rings is 1. The normalized spacial score (nSPS) is 12.7. The van der Waals surface area contributed by atoms with Crippen molar-refractivity contribution in [3.63, 3.8) is 0 Å². The molecule has 0 saturated carbocycles. The van der Waals surface area contributed by atoms with Crippen molar-refractivity contribution in [2.75, 3.05) is 30.5 Å². The Balaban J connectivity index is 1.57. The molecular formula is C21H20N4O4. The number of amides is 2. The van der Waals surface area contributed by atoms with E-state index in [1.807, 2.05) is 18.2 Å². The zero-order valence-corrected chi connectivity index (χ0v) is 16.1. The molecule has 1 N–H and O–H groups in total. The quantitative estimate of drug-likeness (QED) is 0.717. The van der Waals surface area contributed by atoms with Crippen molar-refractivity contribution in [3.8, 4) is 11.4 Å². The van der Waals surface area contributed by atoms with Gasteiger partial charge in [-0.15, -0.1) is 0 Å². The summed E-state index contributed by atoms with van der Waals surface area (Å²) >= 11 is 0. The minimum atomic E-state index is -0.324. The third-order valence-corrected chi connectivity index (χ3v) is 4.80. The van der Waals surface area contributed by atoms with Crippen molar-refractivity contribution in [2.45, 2.75) is 13.3 Å². The lowest BCUT2D eigenvalue weighted by Gasteiger charge is -2.17. The topological polar surface area (TPSA) is 97.6 Å². The average molecular weight is 392 g/mol. The summed E-state index contributed by atoms with van der Waals surface area (Å²) < 4.78 is 10.2. The van der Waals surface area contributed by atoms with E-state index in [-0.39, 0.29) is 18.4 Å². The van der Waals surface area contributed by atoms with E-state index in [1.54, 1.807) is 36.2 Å². The van der Waals surface area contributed by atoms with Gasteiger partial charge in [-0.25, -0.2) is 0 Å². The summed E-state index contributed by atoms with van der Waals surface area (Å²) in [5.41, 5.74) is 3.80. The van der Waals surface area contributed by atoms with Gasteiger partial charge in [-0.3, -0.25) is 14.6 Å². The largest absolute Gasteiger partial charge is 0.375 e. The maximum absolute atomic E-state index is 12.9. The molecule has 0 fully saturated rings. The van der Waals surface area contributed by atoms with Gasteiger partial charge in [-0.2, -0.15) is 0 Å². The van der Waals surface area contributed by atoms with E-state index < -0.39 is 0 Å². The molecular weight excluding hydrogens is 372 g/mol. The standard InChI is InChI=1S/C21H20N4O4/c1-13-19(20(24-29-13)16-5-3-4-9-22-16)21(27)23-15-6-7-17-14(11-15)8-10-25(17)18(26)12-28-2/h3-7,9,11H,8,10,12H2,1-2H3,(H,23,27). The van der Waals surface area contributed by atoms with Gasteiger partial charge in [-0.05, 0) is 49.2 Å². The fourth-order valence-electron chi connectivity index (χ4n) is 3.45. The number of anilines is 2. The highest BCUT2D eigenvalue weighted by atomic mass is 16.5. The molecule has 3 heterocycles. The van der Waals surface area contributed by atoms with E-state index in [0.29, 0.717) is 34.9 Å². The number of hydrogen-bond donors (Lipinski definition) is 1. The number of ether oxygens (including phenoxy) is 1. The monoisotopic (exact) mass is 392 g/mol. The molecule has 0 saturated heterocycles. The highest BCUT2D eigenvalue weighted by Gasteiger charge is 2.26. The predicted octanol–water partition coefficient (Wildman–Crippen LogP) is 2.83. The number of rotatable bonds is 5. The van der Waals surface area contributed by atoms with Crippen molar-refractivity contribution < 1.29 is 18.8 Å². The summed E-state index contributed by atoms with van der Waals surface area (Å²) in [4.78, 5) is 31.0. The third-order valence-electron chi connectivity index (χ3n) is 4.80. The van der Waals surface area contributed by atoms with Gasteiger partial charge >= 0.3 is 0 Å². The number of nitrogens with zero attached hydrogens (tertiary/aromatic N) is 3. The van der Waals surface area contributed by atoms with Crippen LogP contribution in [0.2, 0.25) is 0 Å². The van der Waals surface area contributed by atoms with Crippen LogP contribution >= 0.6 is 0 Å². The summed E-state index contributed by atoms with van der Waals surface area (Å²) in [6, 6.07) is 10.9. The molecule has 3 aromatic rings. The highest BCUT2D eigenvalue weighted by Crippen LogP contribution is 2.31. The molecule has 2 amide bonds. The number of aryl methyl sites for hydroxylation is 1. The third kappa shape index (κ3) is 3.62. The SMILES string of the molecule is COCC(=O)N1CCc2cc(NC(=O)c3c(-c4ccccn4)noc3C)ccc21. The Bertz CT molecular complexity index is 1060. The molecule has 29 heavy (non-hydrogen) atoms. The van der Waals surface area contributed by atoms with Crippen LogP contribution < -0.4 is 10.2 Å². The van der Waals surface area contributed by atoms with Gasteiger partial charge < -0.3 is 19.5 Å². The van der Waals surface area contributed by atoms with E-state index in [4.69, 9.17) is 9.26 Å². The molecule has 0 unspecified atom stereocenters. The molecule has 1 aliphatic rings. The highest BCUT2D eigenvalue weighted by molar-refractivity contribution is 6.08. The molecule has 8 nitrogen and oxygen atoms in total. The van der Waals surface area contributed by atoms with Gasteiger partial charge in [0.05, 0.1) is 5.69 Å². The first-order chi connectivity index (χ1) is 14.1. The van der Waals surface area contributed by atoms with Crippen LogP contribution in [-0.2, 0) is 16.0 Å². The number of fused-ring (bicyclic) bond motifs is 1. The van der Waals surface area contributed by atoms with Crippen LogP contribution in [0.4, 0.5) is 11.4 Å². The zero-order chi connectivity index (χ0) is 20.4. The van der Waals surface area contributed by atoms with Crippen LogP contribution in [0.3, 0.4) is 0 Å². The van der Waals surface area contributed by atoms with Crippen molar-refractivity contribution >= 4 is 23.2 Å². The fraction of sp³-hybridized carbons (Fsp3) is 0.238. The molecule has 2 aromatic heterocycles. The molecule has 8 heteroatoms. The molecule has 1 aliphatic heterocycles. The minimum absolute atomic E-state index is 0.0427. The first-order valence-electron chi connectivity index (χ1n) is 9.19. The van der Waals surface area contributed by atoms with E-state index in [1.165, 1.54) is 7.11 Å². The van der Waals surface area contributed by atoms with Gasteiger partial charge in [0.25, 0.3) is 11.8 Å². The Labute approximate surface area is 167 Å². The van der Waals surface area contributed by atoms with Crippen LogP contribution in [0.15, 0.2) is 47.1 Å². The second-order valence-electron chi connectivity index (χ2n) is 6.70. The molecule has 0 bridgehead atoms. The summed E-state index contributed by atoms with van der Waals surface area (Å²) in [6.07, 6.45) is 2.36. The van der Waals surface area contributed by atoms with Crippen molar-refractivity contribution in [3.05, 3.63) is 59.5 Å². The van der Waals surface area contributed by atoms with Gasteiger partial charge in [0, 0.05) is 31.2 Å². The van der Waals surface area contributed by atoms with Crippen LogP contribution in [-0.4, -0.2) is 42.2 Å². The number of pyridine rings is 1. The Morgan fingerprint density at radius 3 is 2.90 bits per heavy atom. The molecule has 1 aromatic carbocycles. The fourth-order valence-corrected chi connectivity index (χ4v) is 3.45. The predicted molar refractivity (Wildman–Crippen MR) is 107 cm³/mol. The molecule has 0 aliphatic carbocycles. The van der Waals surface area contributed by atoms with Gasteiger partial charge in [-0.1, -0.05) is 11.2 Å². The Morgan fingerprint density at radius 2 is 2.14 bits per heavy atom. The van der Waals surface area contributed by atoms with Crippen LogP contribution in [0.25, 0.3) is 11.4 Å². The summed E-state index contributed by atoms with van der Waals surface area (Å²) in [7, 11) is 1.50. The summed E-state index contributed by atoms with van der Waals surface area (Å²) in [6.45, 7) is 2.33. The van der Waals surface area contributed by atoms with Crippen LogP contribution in [0.5, 0.6) is 0 Å². The number of methoxy groups -OCH3 is 1. The summed E-state index contributed by atoms with van der Waals surface area (Å²) in [5.74, 6) is 0.0125. The summed E-state index contributed by atoms with van der Waals surface area (Å²) in [5, 5.41) is 6.90. The first kappa shape index (κ1) is 18.8. The number of nitrogens with one attached hydrogen (secondary N) is 1. The van der Waals surface area contributed by atoms with Crippen molar-refractivity contribution in [1.82, 2.24) is 10.1 Å². The van der Waals surface area contributed by atoms with E-state index in [0.717, 1.165) is 17.7 Å². The van der Waals surface area contributed by atoms with E-state index in [2.05, 4.69) is 15.5 Å². The molecule has 4 rings (SSSR count). The maximum atomic E-state index is 12.9. The van der Waals surface area contributed by atoms with Crippen molar-refractivity contribution in [1.29, 1.82) is 0 Å². The second-order valence-corrected chi connectivity index (χ2v) is 6.70. The molecule has 0 spiro atoms. The Hall–Kier alpha value is -3.52. The smallest absolute Gasteiger partial charge is 0.261 e. The van der Waals surface area contributed by atoms with Crippen molar-refractivity contribution in [2.24, 2.45) is 0 Å². The lowest BCUT2D eigenvalue weighted by Crippen LogP contribution is -2.31. The van der Waals surface area contributed by atoms with Gasteiger partial charge in [0.2, 0.25) is 0 Å². The zero-order valence-electron chi connectivity index (χ0n) is 16.1. The minimum Gasteiger partial charge on any atom is -0.375 e. The van der Waals surface area contributed by atoms with E-state index >= 15 is 0 Å². The number of hydrogen-bond acceptors (Lipinski definition) is 6. The molecule has 148 valence electrons. The number of carbonyl (C=O) groups excluding carboxylic acids is 2. The van der Waals surface area contributed by atoms with Crippen LogP contribution in [0, 0.1) is 6.92 Å². The second kappa shape index (κ2) is 7.84. The van der Waals surface area contributed by atoms with Crippen LogP contribution in [0.1, 0.15) is 21.7 Å². The van der Waals surface area contributed by atoms with Gasteiger partial charge in [0.15, 0.2) is 0 Å². The Morgan fingerprint density at radius 1 is 1.28 bits per heavy atom. The Kier molecular flexibility index (Phi) is 5.09. The van der Waals surface area contributed by atoms with Gasteiger partial charge in [0.1, 0.15) is 23.6 Å².